The molecule has 1 aromatic rings. The van der Waals surface area contributed by atoms with E-state index in [4.69, 9.17) is 9.84 Å². The van der Waals surface area contributed by atoms with Crippen LogP contribution in [-0.2, 0) is 4.74 Å². The number of hydrogen-bond acceptors (Lipinski definition) is 5. The maximum Gasteiger partial charge on any atom is 0.255 e. The van der Waals surface area contributed by atoms with Gasteiger partial charge in [-0.15, -0.1) is 0 Å². The first kappa shape index (κ1) is 19.1. The van der Waals surface area contributed by atoms with Gasteiger partial charge in [0.1, 0.15) is 5.82 Å². The Bertz CT molecular complexity index is 568. The van der Waals surface area contributed by atoms with E-state index >= 15 is 0 Å². The topological polar surface area (TPSA) is 65.9 Å². The van der Waals surface area contributed by atoms with Gasteiger partial charge in [0.25, 0.3) is 5.91 Å². The van der Waals surface area contributed by atoms with Crippen molar-refractivity contribution in [3.63, 3.8) is 0 Å². The van der Waals surface area contributed by atoms with Crippen LogP contribution in [0.25, 0.3) is 0 Å². The molecule has 1 amide bonds. The minimum absolute atomic E-state index is 0.0755. The highest BCUT2D eigenvalue weighted by molar-refractivity contribution is 5.94. The van der Waals surface area contributed by atoms with Gasteiger partial charge in [-0.05, 0) is 56.1 Å². The summed E-state index contributed by atoms with van der Waals surface area (Å²) in [5.74, 6) is 2.08. The number of carbonyl (C=O) groups excluding carboxylic acids is 1. The molecule has 6 nitrogen and oxygen atoms in total. The van der Waals surface area contributed by atoms with Crippen molar-refractivity contribution in [1.29, 1.82) is 0 Å². The Morgan fingerprint density at radius 1 is 1.23 bits per heavy atom. The Hall–Kier alpha value is -1.66. The lowest BCUT2D eigenvalue weighted by atomic mass is 9.94. The van der Waals surface area contributed by atoms with Gasteiger partial charge < -0.3 is 19.6 Å². The van der Waals surface area contributed by atoms with Crippen molar-refractivity contribution >= 4 is 11.7 Å². The molecule has 3 rings (SSSR count). The van der Waals surface area contributed by atoms with E-state index in [1.165, 1.54) is 0 Å². The number of aliphatic hydroxyl groups is 1. The summed E-state index contributed by atoms with van der Waals surface area (Å²) in [6.07, 6.45) is 6.97. The van der Waals surface area contributed by atoms with Crippen molar-refractivity contribution < 1.29 is 14.6 Å². The van der Waals surface area contributed by atoms with Crippen LogP contribution in [0.1, 0.15) is 42.5 Å². The van der Waals surface area contributed by atoms with Crippen LogP contribution in [0.4, 0.5) is 5.82 Å². The van der Waals surface area contributed by atoms with Crippen molar-refractivity contribution in [2.75, 3.05) is 51.4 Å². The molecule has 3 heterocycles. The number of likely N-dealkylation sites (tertiary alicyclic amines) is 1. The Morgan fingerprint density at radius 3 is 2.69 bits per heavy atom. The highest BCUT2D eigenvalue weighted by atomic mass is 16.5. The number of rotatable bonds is 6. The van der Waals surface area contributed by atoms with Gasteiger partial charge in [-0.2, -0.15) is 0 Å². The van der Waals surface area contributed by atoms with Crippen LogP contribution < -0.4 is 4.90 Å². The standard InChI is InChI=1S/C20H31N3O3/c1-26-15-17-3-2-9-23(14-17)20(25)18-4-5-19(21-13-18)22-10-6-16(7-11-22)8-12-24/h4-5,13,16-17,24H,2-3,6-12,14-15H2,1H3. The molecule has 1 aromatic heterocycles. The molecule has 2 fully saturated rings. The molecular formula is C20H31N3O3. The number of amides is 1. The fraction of sp³-hybridized carbons (Fsp3) is 0.700. The smallest absolute Gasteiger partial charge is 0.255 e. The number of methoxy groups -OCH3 is 1. The van der Waals surface area contributed by atoms with E-state index in [1.807, 2.05) is 17.0 Å². The molecule has 26 heavy (non-hydrogen) atoms. The number of anilines is 1. The monoisotopic (exact) mass is 361 g/mol. The van der Waals surface area contributed by atoms with Crippen molar-refractivity contribution in [2.45, 2.75) is 32.1 Å². The minimum atomic E-state index is 0.0755. The van der Waals surface area contributed by atoms with E-state index in [0.29, 0.717) is 24.0 Å². The van der Waals surface area contributed by atoms with Crippen molar-refractivity contribution in [3.8, 4) is 0 Å². The quantitative estimate of drug-likeness (QED) is 0.841. The van der Waals surface area contributed by atoms with Crippen LogP contribution in [0, 0.1) is 11.8 Å². The number of aliphatic hydroxyl groups excluding tert-OH is 1. The predicted molar refractivity (Wildman–Crippen MR) is 101 cm³/mol. The molecule has 0 aromatic carbocycles. The average Bonchev–Trinajstić information content (AvgIpc) is 2.69. The van der Waals surface area contributed by atoms with E-state index < -0.39 is 0 Å². The maximum atomic E-state index is 12.8. The minimum Gasteiger partial charge on any atom is -0.396 e. The molecule has 1 unspecified atom stereocenters. The molecule has 6 heteroatoms. The summed E-state index contributed by atoms with van der Waals surface area (Å²) in [5, 5.41) is 9.07. The number of nitrogens with zero attached hydrogens (tertiary/aromatic N) is 3. The van der Waals surface area contributed by atoms with E-state index in [2.05, 4.69) is 9.88 Å². The molecule has 2 aliphatic rings. The Labute approximate surface area is 156 Å². The van der Waals surface area contributed by atoms with Gasteiger partial charge in [-0.25, -0.2) is 4.98 Å². The molecule has 0 radical (unpaired) electrons. The number of carbonyl (C=O) groups is 1. The molecule has 1 atom stereocenters. The summed E-state index contributed by atoms with van der Waals surface area (Å²) in [6.45, 7) is 4.52. The maximum absolute atomic E-state index is 12.8. The van der Waals surface area contributed by atoms with Gasteiger partial charge in [0.05, 0.1) is 12.2 Å². The molecule has 2 saturated heterocycles. The van der Waals surface area contributed by atoms with Crippen molar-refractivity contribution in [3.05, 3.63) is 23.9 Å². The molecule has 0 bridgehead atoms. The highest BCUT2D eigenvalue weighted by Crippen LogP contribution is 2.24. The van der Waals surface area contributed by atoms with Gasteiger partial charge in [0.15, 0.2) is 0 Å². The zero-order valence-corrected chi connectivity index (χ0v) is 15.8. The van der Waals surface area contributed by atoms with Crippen LogP contribution in [-0.4, -0.2) is 67.4 Å². The number of hydrogen-bond donors (Lipinski definition) is 1. The number of pyridine rings is 1. The molecule has 2 aliphatic heterocycles. The van der Waals surface area contributed by atoms with Crippen LogP contribution >= 0.6 is 0 Å². The fourth-order valence-corrected chi connectivity index (χ4v) is 4.14. The zero-order chi connectivity index (χ0) is 18.4. The summed E-state index contributed by atoms with van der Waals surface area (Å²) in [4.78, 5) is 21.5. The summed E-state index contributed by atoms with van der Waals surface area (Å²) < 4.78 is 5.25. The van der Waals surface area contributed by atoms with Gasteiger partial charge in [0.2, 0.25) is 0 Å². The molecule has 0 spiro atoms. The molecule has 0 saturated carbocycles. The molecule has 144 valence electrons. The fourth-order valence-electron chi connectivity index (χ4n) is 4.14. The third-order valence-electron chi connectivity index (χ3n) is 5.68. The number of aromatic nitrogens is 1. The van der Waals surface area contributed by atoms with E-state index in [9.17, 15) is 4.79 Å². The summed E-state index contributed by atoms with van der Waals surface area (Å²) >= 11 is 0. The van der Waals surface area contributed by atoms with E-state index in [0.717, 1.165) is 64.1 Å². The second-order valence-electron chi connectivity index (χ2n) is 7.56. The van der Waals surface area contributed by atoms with Crippen molar-refractivity contribution in [1.82, 2.24) is 9.88 Å². The molecule has 0 aliphatic carbocycles. The van der Waals surface area contributed by atoms with E-state index in [1.54, 1.807) is 13.3 Å². The van der Waals surface area contributed by atoms with E-state index in [-0.39, 0.29) is 12.5 Å². The first-order valence-electron chi connectivity index (χ1n) is 9.81. The third-order valence-corrected chi connectivity index (χ3v) is 5.68. The van der Waals surface area contributed by atoms with Crippen molar-refractivity contribution in [2.24, 2.45) is 11.8 Å². The lowest BCUT2D eigenvalue weighted by Crippen LogP contribution is -2.41. The normalized spacial score (nSPS) is 21.8. The van der Waals surface area contributed by atoms with Gasteiger partial charge >= 0.3 is 0 Å². The number of piperidine rings is 2. The predicted octanol–water partition coefficient (Wildman–Crippen LogP) is 2.18. The molecule has 1 N–H and O–H groups in total. The van der Waals surface area contributed by atoms with Crippen LogP contribution in [0.2, 0.25) is 0 Å². The summed E-state index contributed by atoms with van der Waals surface area (Å²) in [5.41, 5.74) is 0.669. The highest BCUT2D eigenvalue weighted by Gasteiger charge is 2.25. The zero-order valence-electron chi connectivity index (χ0n) is 15.8. The first-order chi connectivity index (χ1) is 12.7. The largest absolute Gasteiger partial charge is 0.396 e. The second kappa shape index (κ2) is 9.33. The third kappa shape index (κ3) is 4.74. The Morgan fingerprint density at radius 2 is 2.04 bits per heavy atom. The Balaban J connectivity index is 1.56. The summed E-state index contributed by atoms with van der Waals surface area (Å²) in [7, 11) is 1.72. The van der Waals surface area contributed by atoms with Crippen LogP contribution in [0.5, 0.6) is 0 Å². The Kier molecular flexibility index (Phi) is 6.86. The lowest BCUT2D eigenvalue weighted by Gasteiger charge is -2.33. The van der Waals surface area contributed by atoms with Crippen LogP contribution in [0.3, 0.4) is 0 Å². The van der Waals surface area contributed by atoms with Gasteiger partial charge in [0, 0.05) is 46.1 Å². The average molecular weight is 361 g/mol. The second-order valence-corrected chi connectivity index (χ2v) is 7.56. The first-order valence-corrected chi connectivity index (χ1v) is 9.81. The SMILES string of the molecule is COCC1CCCN(C(=O)c2ccc(N3CCC(CCO)CC3)nc2)C1. The van der Waals surface area contributed by atoms with Gasteiger partial charge in [-0.1, -0.05) is 0 Å². The van der Waals surface area contributed by atoms with Gasteiger partial charge in [-0.3, -0.25) is 4.79 Å². The lowest BCUT2D eigenvalue weighted by molar-refractivity contribution is 0.0570. The molecular weight excluding hydrogens is 330 g/mol. The van der Waals surface area contributed by atoms with Crippen LogP contribution in [0.15, 0.2) is 18.3 Å². The summed E-state index contributed by atoms with van der Waals surface area (Å²) in [6, 6.07) is 3.88. The number of ether oxygens (including phenoxy) is 1.